The summed E-state index contributed by atoms with van der Waals surface area (Å²) in [5, 5.41) is 12.1. The molecule has 2 N–H and O–H groups in total. The van der Waals surface area contributed by atoms with Crippen molar-refractivity contribution in [2.45, 2.75) is 6.54 Å². The Bertz CT molecular complexity index is 895. The molecule has 2 aromatic carbocycles. The fourth-order valence-electron chi connectivity index (χ4n) is 3.00. The molecule has 1 aliphatic rings. The van der Waals surface area contributed by atoms with Crippen molar-refractivity contribution < 1.29 is 19.5 Å². The Morgan fingerprint density at radius 1 is 1.07 bits per heavy atom. The van der Waals surface area contributed by atoms with Gasteiger partial charge in [-0.1, -0.05) is 24.0 Å². The number of hydroxylamine groups is 2. The van der Waals surface area contributed by atoms with Crippen LogP contribution in [0.3, 0.4) is 0 Å². The van der Waals surface area contributed by atoms with Gasteiger partial charge in [0.25, 0.3) is 5.91 Å². The van der Waals surface area contributed by atoms with Crippen LogP contribution in [0.4, 0.5) is 0 Å². The predicted molar refractivity (Wildman–Crippen MR) is 112 cm³/mol. The van der Waals surface area contributed by atoms with E-state index in [9.17, 15) is 9.59 Å². The third-order valence-electron chi connectivity index (χ3n) is 4.71. The van der Waals surface area contributed by atoms with Crippen molar-refractivity contribution >= 4 is 12.3 Å². The van der Waals surface area contributed by atoms with Crippen LogP contribution in [-0.4, -0.2) is 66.9 Å². The molecule has 1 heterocycles. The average Bonchev–Trinajstić information content (AvgIpc) is 2.79. The van der Waals surface area contributed by atoms with Crippen molar-refractivity contribution in [1.29, 1.82) is 0 Å². The molecule has 2 amide bonds. The van der Waals surface area contributed by atoms with Crippen molar-refractivity contribution in [2.75, 3.05) is 39.4 Å². The average molecular weight is 407 g/mol. The van der Waals surface area contributed by atoms with Gasteiger partial charge >= 0.3 is 0 Å². The van der Waals surface area contributed by atoms with Crippen LogP contribution < -0.4 is 5.32 Å². The SMILES string of the molecule is O=CN(O)CCNC(=O)c1ccc(C#Cc2ccc(CN3CCOCC3)cc2)cc1. The van der Waals surface area contributed by atoms with Crippen LogP contribution in [-0.2, 0) is 16.1 Å². The molecular formula is C23H25N3O4. The summed E-state index contributed by atoms with van der Waals surface area (Å²) in [6.07, 6.45) is 0.289. The topological polar surface area (TPSA) is 82.1 Å². The second-order valence-electron chi connectivity index (χ2n) is 6.94. The maximum Gasteiger partial charge on any atom is 0.251 e. The number of hydrogen-bond donors (Lipinski definition) is 2. The highest BCUT2D eigenvalue weighted by molar-refractivity contribution is 5.94. The lowest BCUT2D eigenvalue weighted by molar-refractivity contribution is -0.149. The number of morpholine rings is 1. The smallest absolute Gasteiger partial charge is 0.251 e. The normalized spacial score (nSPS) is 13.8. The van der Waals surface area contributed by atoms with Gasteiger partial charge in [0.15, 0.2) is 0 Å². The fourth-order valence-corrected chi connectivity index (χ4v) is 3.00. The lowest BCUT2D eigenvalue weighted by Crippen LogP contribution is -2.35. The first-order chi connectivity index (χ1) is 14.6. The first kappa shape index (κ1) is 21.5. The molecule has 156 valence electrons. The van der Waals surface area contributed by atoms with Crippen LogP contribution in [0.15, 0.2) is 48.5 Å². The lowest BCUT2D eigenvalue weighted by Gasteiger charge is -2.26. The first-order valence-electron chi connectivity index (χ1n) is 9.84. The quantitative estimate of drug-likeness (QED) is 0.315. The fraction of sp³-hybridized carbons (Fsp3) is 0.304. The van der Waals surface area contributed by atoms with Gasteiger partial charge in [0.1, 0.15) is 0 Å². The van der Waals surface area contributed by atoms with E-state index in [2.05, 4.69) is 34.2 Å². The van der Waals surface area contributed by atoms with Crippen molar-refractivity contribution in [1.82, 2.24) is 15.3 Å². The Morgan fingerprint density at radius 2 is 1.67 bits per heavy atom. The predicted octanol–water partition coefficient (Wildman–Crippen LogP) is 1.50. The standard InChI is InChI=1S/C23H25N3O4/c27-18-26(29)12-11-24-23(28)22-9-7-20(8-10-22)2-1-19-3-5-21(6-4-19)17-25-13-15-30-16-14-25/h3-10,18,29H,11-17H2,(H,24,28). The van der Waals surface area contributed by atoms with Gasteiger partial charge in [0.2, 0.25) is 6.41 Å². The molecule has 2 aromatic rings. The molecule has 0 unspecified atom stereocenters. The van der Waals surface area contributed by atoms with Crippen molar-refractivity contribution in [3.63, 3.8) is 0 Å². The summed E-state index contributed by atoms with van der Waals surface area (Å²) in [5.41, 5.74) is 3.50. The Labute approximate surface area is 176 Å². The molecule has 0 atom stereocenters. The Balaban J connectivity index is 1.51. The van der Waals surface area contributed by atoms with E-state index in [1.165, 1.54) is 5.56 Å². The number of amides is 2. The molecule has 0 saturated carbocycles. The van der Waals surface area contributed by atoms with Gasteiger partial charge in [-0.05, 0) is 42.0 Å². The number of nitrogens with zero attached hydrogens (tertiary/aromatic N) is 2. The summed E-state index contributed by atoms with van der Waals surface area (Å²) in [7, 11) is 0. The lowest BCUT2D eigenvalue weighted by atomic mass is 10.1. The van der Waals surface area contributed by atoms with Gasteiger partial charge < -0.3 is 10.1 Å². The molecule has 0 bridgehead atoms. The van der Waals surface area contributed by atoms with Crippen LogP contribution in [0.1, 0.15) is 27.0 Å². The molecule has 0 aromatic heterocycles. The third kappa shape index (κ3) is 6.71. The maximum atomic E-state index is 12.0. The zero-order valence-corrected chi connectivity index (χ0v) is 16.7. The number of ether oxygens (including phenoxy) is 1. The first-order valence-corrected chi connectivity index (χ1v) is 9.84. The van der Waals surface area contributed by atoms with Gasteiger partial charge in [-0.25, -0.2) is 5.06 Å². The summed E-state index contributed by atoms with van der Waals surface area (Å²) in [6.45, 7) is 4.65. The minimum absolute atomic E-state index is 0.0318. The summed E-state index contributed by atoms with van der Waals surface area (Å²) in [5.74, 6) is 5.98. The monoisotopic (exact) mass is 407 g/mol. The number of hydrogen-bond acceptors (Lipinski definition) is 5. The molecular weight excluding hydrogens is 382 g/mol. The minimum Gasteiger partial charge on any atom is -0.379 e. The third-order valence-corrected chi connectivity index (χ3v) is 4.71. The second kappa shape index (κ2) is 11.1. The van der Waals surface area contributed by atoms with Gasteiger partial charge in [0.05, 0.1) is 19.8 Å². The Kier molecular flexibility index (Phi) is 7.98. The number of nitrogens with one attached hydrogen (secondary N) is 1. The molecule has 1 aliphatic heterocycles. The van der Waals surface area contributed by atoms with E-state index in [1.807, 2.05) is 12.1 Å². The zero-order chi connectivity index (χ0) is 21.2. The minimum atomic E-state index is -0.273. The van der Waals surface area contributed by atoms with Crippen LogP contribution >= 0.6 is 0 Å². The van der Waals surface area contributed by atoms with E-state index >= 15 is 0 Å². The van der Waals surface area contributed by atoms with Gasteiger partial charge in [-0.15, -0.1) is 0 Å². The van der Waals surface area contributed by atoms with Gasteiger partial charge in [-0.2, -0.15) is 0 Å². The van der Waals surface area contributed by atoms with Crippen LogP contribution in [0.2, 0.25) is 0 Å². The molecule has 3 rings (SSSR count). The van der Waals surface area contributed by atoms with E-state index in [0.717, 1.165) is 44.0 Å². The zero-order valence-electron chi connectivity index (χ0n) is 16.7. The molecule has 7 heteroatoms. The van der Waals surface area contributed by atoms with Gasteiger partial charge in [0, 0.05) is 42.9 Å². The highest BCUT2D eigenvalue weighted by Crippen LogP contribution is 2.09. The van der Waals surface area contributed by atoms with E-state index in [4.69, 9.17) is 9.94 Å². The number of benzene rings is 2. The van der Waals surface area contributed by atoms with Crippen LogP contribution in [0, 0.1) is 11.8 Å². The summed E-state index contributed by atoms with van der Waals surface area (Å²) in [6, 6.07) is 15.2. The van der Waals surface area contributed by atoms with Crippen LogP contribution in [0.5, 0.6) is 0 Å². The van der Waals surface area contributed by atoms with E-state index < -0.39 is 0 Å². The highest BCUT2D eigenvalue weighted by Gasteiger charge is 2.10. The molecule has 0 radical (unpaired) electrons. The van der Waals surface area contributed by atoms with Crippen LogP contribution in [0.25, 0.3) is 0 Å². The molecule has 0 spiro atoms. The maximum absolute atomic E-state index is 12.0. The van der Waals surface area contributed by atoms with Crippen molar-refractivity contribution in [2.24, 2.45) is 0 Å². The molecule has 1 fully saturated rings. The molecule has 7 nitrogen and oxygen atoms in total. The number of carbonyl (C=O) groups is 2. The van der Waals surface area contributed by atoms with Crippen molar-refractivity contribution in [3.05, 3.63) is 70.8 Å². The number of rotatable bonds is 7. The number of carbonyl (C=O) groups excluding carboxylic acids is 2. The summed E-state index contributed by atoms with van der Waals surface area (Å²) < 4.78 is 5.38. The molecule has 0 aliphatic carbocycles. The van der Waals surface area contributed by atoms with E-state index in [0.29, 0.717) is 10.6 Å². The van der Waals surface area contributed by atoms with E-state index in [-0.39, 0.29) is 25.4 Å². The van der Waals surface area contributed by atoms with Gasteiger partial charge in [-0.3, -0.25) is 19.7 Å². The second-order valence-corrected chi connectivity index (χ2v) is 6.94. The highest BCUT2D eigenvalue weighted by atomic mass is 16.5. The van der Waals surface area contributed by atoms with E-state index in [1.54, 1.807) is 24.3 Å². The molecule has 1 saturated heterocycles. The Hall–Kier alpha value is -3.18. The summed E-state index contributed by atoms with van der Waals surface area (Å²) >= 11 is 0. The largest absolute Gasteiger partial charge is 0.379 e. The summed E-state index contributed by atoms with van der Waals surface area (Å²) in [4.78, 5) is 24.7. The Morgan fingerprint density at radius 3 is 2.27 bits per heavy atom. The van der Waals surface area contributed by atoms with Crippen molar-refractivity contribution in [3.8, 4) is 11.8 Å². The molecule has 30 heavy (non-hydrogen) atoms.